The van der Waals surface area contributed by atoms with Crippen LogP contribution in [0.4, 0.5) is 0 Å². The van der Waals surface area contributed by atoms with Crippen molar-refractivity contribution in [3.63, 3.8) is 0 Å². The van der Waals surface area contributed by atoms with Gasteiger partial charge in [0, 0.05) is 5.56 Å². The van der Waals surface area contributed by atoms with Crippen molar-refractivity contribution in [2.75, 3.05) is 21.3 Å². The number of ether oxygens (including phenoxy) is 5. The molecule has 3 aromatic rings. The summed E-state index contributed by atoms with van der Waals surface area (Å²) in [4.78, 5) is 13.0. The molecule has 0 saturated heterocycles. The Morgan fingerprint density at radius 3 is 2.21 bits per heavy atom. The third kappa shape index (κ3) is 4.31. The summed E-state index contributed by atoms with van der Waals surface area (Å²) in [6.45, 7) is 6.46. The Bertz CT molecular complexity index is 1260. The molecule has 0 spiro atoms. The Morgan fingerprint density at radius 2 is 1.56 bits per heavy atom. The van der Waals surface area contributed by atoms with Gasteiger partial charge in [0.05, 0.1) is 26.9 Å². The molecule has 0 saturated carbocycles. The summed E-state index contributed by atoms with van der Waals surface area (Å²) in [5.41, 5.74) is 5.46. The first-order valence-electron chi connectivity index (χ1n) is 10.9. The summed E-state index contributed by atoms with van der Waals surface area (Å²) in [6.07, 6.45) is 1.67. The first-order chi connectivity index (χ1) is 16.4. The molecule has 0 amide bonds. The Morgan fingerprint density at radius 1 is 0.853 bits per heavy atom. The second-order valence-electron chi connectivity index (χ2n) is 8.18. The molecule has 0 bridgehead atoms. The molecule has 1 heterocycles. The van der Waals surface area contributed by atoms with E-state index in [1.165, 1.54) is 11.1 Å². The Kier molecular flexibility index (Phi) is 6.50. The van der Waals surface area contributed by atoms with Crippen LogP contribution < -0.4 is 23.7 Å². The highest BCUT2D eigenvalue weighted by Gasteiger charge is 2.30. The maximum Gasteiger partial charge on any atom is 0.231 e. The highest BCUT2D eigenvalue weighted by molar-refractivity contribution is 6.15. The van der Waals surface area contributed by atoms with Gasteiger partial charge in [0.15, 0.2) is 17.3 Å². The van der Waals surface area contributed by atoms with Gasteiger partial charge in [-0.3, -0.25) is 4.79 Å². The lowest BCUT2D eigenvalue weighted by Gasteiger charge is -2.13. The van der Waals surface area contributed by atoms with Crippen LogP contribution in [-0.4, -0.2) is 27.1 Å². The minimum atomic E-state index is -0.187. The summed E-state index contributed by atoms with van der Waals surface area (Å²) in [5, 5.41) is 0. The monoisotopic (exact) mass is 460 g/mol. The predicted octanol–water partition coefficient (Wildman–Crippen LogP) is 5.83. The number of ketones is 1. The summed E-state index contributed by atoms with van der Waals surface area (Å²) >= 11 is 0. The highest BCUT2D eigenvalue weighted by atomic mass is 16.5. The second-order valence-corrected chi connectivity index (χ2v) is 8.18. The average molecular weight is 461 g/mol. The zero-order chi connectivity index (χ0) is 24.4. The van der Waals surface area contributed by atoms with E-state index in [1.807, 2.05) is 13.0 Å². The molecule has 3 aromatic carbocycles. The van der Waals surface area contributed by atoms with E-state index in [1.54, 1.807) is 45.6 Å². The van der Waals surface area contributed by atoms with Crippen molar-refractivity contribution < 1.29 is 28.5 Å². The first-order valence-corrected chi connectivity index (χ1v) is 10.9. The molecule has 4 rings (SSSR count). The Labute approximate surface area is 199 Å². The number of hydrogen-bond acceptors (Lipinski definition) is 6. The van der Waals surface area contributed by atoms with E-state index in [2.05, 4.69) is 32.0 Å². The molecular formula is C28H28O6. The van der Waals surface area contributed by atoms with E-state index < -0.39 is 0 Å². The van der Waals surface area contributed by atoms with E-state index in [0.29, 0.717) is 46.5 Å². The van der Waals surface area contributed by atoms with Crippen molar-refractivity contribution in [2.45, 2.75) is 27.4 Å². The fraction of sp³-hybridized carbons (Fsp3) is 0.250. The van der Waals surface area contributed by atoms with Crippen LogP contribution in [0.25, 0.3) is 6.08 Å². The Balaban J connectivity index is 1.61. The number of fused-ring (bicyclic) bond motifs is 1. The maximum absolute atomic E-state index is 13.0. The largest absolute Gasteiger partial charge is 0.493 e. The summed E-state index contributed by atoms with van der Waals surface area (Å²) in [6, 6.07) is 13.4. The fourth-order valence-electron chi connectivity index (χ4n) is 3.97. The van der Waals surface area contributed by atoms with E-state index in [9.17, 15) is 4.79 Å². The quantitative estimate of drug-likeness (QED) is 0.413. The van der Waals surface area contributed by atoms with Crippen LogP contribution in [0.2, 0.25) is 0 Å². The molecule has 176 valence electrons. The number of rotatable bonds is 7. The van der Waals surface area contributed by atoms with E-state index >= 15 is 0 Å². The molecule has 6 heteroatoms. The lowest BCUT2D eigenvalue weighted by molar-refractivity contribution is 0.101. The van der Waals surface area contributed by atoms with Crippen molar-refractivity contribution in [1.82, 2.24) is 0 Å². The number of carbonyl (C=O) groups is 1. The molecule has 0 atom stereocenters. The van der Waals surface area contributed by atoms with Gasteiger partial charge < -0.3 is 23.7 Å². The van der Waals surface area contributed by atoms with Crippen molar-refractivity contribution in [3.8, 4) is 28.7 Å². The minimum absolute atomic E-state index is 0.187. The fourth-order valence-corrected chi connectivity index (χ4v) is 3.97. The normalized spacial score (nSPS) is 13.5. The number of hydrogen-bond donors (Lipinski definition) is 0. The summed E-state index contributed by atoms with van der Waals surface area (Å²) < 4.78 is 28.3. The molecule has 1 aliphatic heterocycles. The molecule has 0 aliphatic carbocycles. The van der Waals surface area contributed by atoms with Crippen LogP contribution in [0.3, 0.4) is 0 Å². The second kappa shape index (κ2) is 9.51. The van der Waals surface area contributed by atoms with E-state index in [-0.39, 0.29) is 11.5 Å². The average Bonchev–Trinajstić information content (AvgIpc) is 3.15. The Hall–Kier alpha value is -3.93. The van der Waals surface area contributed by atoms with Crippen LogP contribution >= 0.6 is 0 Å². The lowest BCUT2D eigenvalue weighted by Crippen LogP contribution is -2.00. The van der Waals surface area contributed by atoms with Crippen molar-refractivity contribution in [3.05, 3.63) is 81.6 Å². The van der Waals surface area contributed by atoms with Crippen LogP contribution in [0, 0.1) is 20.8 Å². The number of Topliss-reactive ketones (excluding diaryl/α,β-unsaturated/α-hetero) is 1. The zero-order valence-electron chi connectivity index (χ0n) is 20.3. The molecule has 0 unspecified atom stereocenters. The maximum atomic E-state index is 13.0. The standard InChI is InChI=1S/C28H28O6/c1-16-7-8-17(2)20(11-16)15-33-22-10-9-21-26(29)23(34-27(21)18(22)3)12-19-13-24(30-4)28(32-6)25(14-19)31-5/h7-14H,15H2,1-6H3/b23-12-. The van der Waals surface area contributed by atoms with Gasteiger partial charge in [-0.2, -0.15) is 0 Å². The summed E-state index contributed by atoms with van der Waals surface area (Å²) in [7, 11) is 4.64. The zero-order valence-corrected chi connectivity index (χ0v) is 20.3. The number of benzene rings is 3. The van der Waals surface area contributed by atoms with Crippen molar-refractivity contribution in [2.24, 2.45) is 0 Å². The van der Waals surface area contributed by atoms with E-state index in [4.69, 9.17) is 23.7 Å². The molecule has 1 aliphatic rings. The van der Waals surface area contributed by atoms with Gasteiger partial charge in [0.2, 0.25) is 11.5 Å². The third-order valence-electron chi connectivity index (χ3n) is 5.91. The SMILES string of the molecule is COc1cc(/C=C2\Oc3c(ccc(OCc4cc(C)ccc4C)c3C)C2=O)cc(OC)c1OC. The molecule has 0 radical (unpaired) electrons. The van der Waals surface area contributed by atoms with Gasteiger partial charge in [0.1, 0.15) is 18.1 Å². The molecule has 0 aromatic heterocycles. The van der Waals surface area contributed by atoms with Crippen molar-refractivity contribution in [1.29, 1.82) is 0 Å². The number of allylic oxidation sites excluding steroid dienone is 1. The van der Waals surface area contributed by atoms with Crippen LogP contribution in [0.15, 0.2) is 48.2 Å². The van der Waals surface area contributed by atoms with E-state index in [0.717, 1.165) is 11.1 Å². The van der Waals surface area contributed by atoms with Gasteiger partial charge in [0.25, 0.3) is 0 Å². The van der Waals surface area contributed by atoms with Gasteiger partial charge in [-0.05, 0) is 67.8 Å². The third-order valence-corrected chi connectivity index (χ3v) is 5.91. The molecule has 34 heavy (non-hydrogen) atoms. The van der Waals surface area contributed by atoms with Crippen molar-refractivity contribution >= 4 is 11.9 Å². The lowest BCUT2D eigenvalue weighted by atomic mass is 10.0. The van der Waals surface area contributed by atoms with Crippen LogP contribution in [-0.2, 0) is 6.61 Å². The smallest absolute Gasteiger partial charge is 0.231 e. The van der Waals surface area contributed by atoms with Gasteiger partial charge in [-0.25, -0.2) is 0 Å². The molecular weight excluding hydrogens is 432 g/mol. The molecule has 0 fully saturated rings. The number of aryl methyl sites for hydroxylation is 2. The van der Waals surface area contributed by atoms with Gasteiger partial charge in [-0.1, -0.05) is 23.8 Å². The highest BCUT2D eigenvalue weighted by Crippen LogP contribution is 2.42. The van der Waals surface area contributed by atoms with Crippen LogP contribution in [0.1, 0.15) is 38.2 Å². The van der Waals surface area contributed by atoms with Crippen LogP contribution in [0.5, 0.6) is 28.7 Å². The molecule has 6 nitrogen and oxygen atoms in total. The number of methoxy groups -OCH3 is 3. The first kappa shape index (κ1) is 23.2. The minimum Gasteiger partial charge on any atom is -0.493 e. The summed E-state index contributed by atoms with van der Waals surface area (Å²) in [5.74, 6) is 2.70. The van der Waals surface area contributed by atoms with Gasteiger partial charge >= 0.3 is 0 Å². The molecule has 0 N–H and O–H groups in total. The topological polar surface area (TPSA) is 63.2 Å². The van der Waals surface area contributed by atoms with Gasteiger partial charge in [-0.15, -0.1) is 0 Å². The number of carbonyl (C=O) groups excluding carboxylic acids is 1. The predicted molar refractivity (Wildman–Crippen MR) is 130 cm³/mol.